The molecule has 5 nitrogen and oxygen atoms in total. The summed E-state index contributed by atoms with van der Waals surface area (Å²) < 4.78 is 23.4. The summed E-state index contributed by atoms with van der Waals surface area (Å²) in [5, 5.41) is 3.33. The van der Waals surface area contributed by atoms with E-state index in [0.29, 0.717) is 17.3 Å². The molecule has 0 radical (unpaired) electrons. The van der Waals surface area contributed by atoms with Crippen LogP contribution in [0.15, 0.2) is 18.2 Å². The molecule has 0 aromatic heterocycles. The van der Waals surface area contributed by atoms with Gasteiger partial charge in [0.2, 0.25) is 5.91 Å². The summed E-state index contributed by atoms with van der Waals surface area (Å²) in [5.74, 6) is -0.0180. The minimum atomic E-state index is -3.05. The van der Waals surface area contributed by atoms with E-state index in [1.54, 1.807) is 12.1 Å². The highest BCUT2D eigenvalue weighted by Gasteiger charge is 2.35. The highest BCUT2D eigenvalue weighted by Crippen LogP contribution is 2.35. The van der Waals surface area contributed by atoms with Crippen molar-refractivity contribution in [3.8, 4) is 0 Å². The van der Waals surface area contributed by atoms with E-state index in [2.05, 4.69) is 5.32 Å². The summed E-state index contributed by atoms with van der Waals surface area (Å²) in [6.45, 7) is 0.413. The van der Waals surface area contributed by atoms with Crippen molar-refractivity contribution in [2.75, 3.05) is 28.3 Å². The fourth-order valence-corrected chi connectivity index (χ4v) is 4.34. The van der Waals surface area contributed by atoms with Crippen molar-refractivity contribution in [2.45, 2.75) is 12.5 Å². The number of anilines is 2. The van der Waals surface area contributed by atoms with Crippen molar-refractivity contribution in [2.24, 2.45) is 0 Å². The number of nitrogens with zero attached hydrogens (tertiary/aromatic N) is 1. The molecule has 2 heterocycles. The van der Waals surface area contributed by atoms with Gasteiger partial charge in [0.1, 0.15) is 0 Å². The molecule has 2 aliphatic rings. The fourth-order valence-electron chi connectivity index (χ4n) is 2.65. The molecule has 1 N–H and O–H groups in total. The Balaban J connectivity index is 2.06. The Morgan fingerprint density at radius 1 is 1.37 bits per heavy atom. The topological polar surface area (TPSA) is 66.5 Å². The lowest BCUT2D eigenvalue weighted by Gasteiger charge is -2.35. The Morgan fingerprint density at radius 3 is 2.95 bits per heavy atom. The lowest BCUT2D eigenvalue weighted by Crippen LogP contribution is -2.48. The molecule has 2 aliphatic heterocycles. The molecule has 1 atom stereocenters. The van der Waals surface area contributed by atoms with E-state index in [1.165, 1.54) is 0 Å². The molecule has 0 aliphatic carbocycles. The Hall–Kier alpha value is -1.27. The minimum Gasteiger partial charge on any atom is -0.364 e. The van der Waals surface area contributed by atoms with Gasteiger partial charge in [-0.15, -0.1) is 0 Å². The van der Waals surface area contributed by atoms with Crippen molar-refractivity contribution in [1.29, 1.82) is 0 Å². The lowest BCUT2D eigenvalue weighted by atomic mass is 10.1. The van der Waals surface area contributed by atoms with Gasteiger partial charge in [0.15, 0.2) is 9.84 Å². The van der Waals surface area contributed by atoms with Gasteiger partial charge in [-0.1, -0.05) is 11.6 Å². The van der Waals surface area contributed by atoms with Gasteiger partial charge in [-0.2, -0.15) is 0 Å². The zero-order chi connectivity index (χ0) is 13.6. The van der Waals surface area contributed by atoms with Crippen molar-refractivity contribution in [1.82, 2.24) is 0 Å². The van der Waals surface area contributed by atoms with Crippen LogP contribution in [0.5, 0.6) is 0 Å². The van der Waals surface area contributed by atoms with Crippen LogP contribution in [0.1, 0.15) is 6.42 Å². The number of carbonyl (C=O) groups is 1. The maximum atomic E-state index is 11.8. The second-order valence-corrected chi connectivity index (χ2v) is 7.54. The number of benzene rings is 1. The van der Waals surface area contributed by atoms with E-state index >= 15 is 0 Å². The molecule has 7 heteroatoms. The van der Waals surface area contributed by atoms with Gasteiger partial charge >= 0.3 is 0 Å². The third kappa shape index (κ3) is 2.42. The van der Waals surface area contributed by atoms with E-state index in [1.807, 2.05) is 11.0 Å². The number of hydrogen-bond donors (Lipinski definition) is 1. The van der Waals surface area contributed by atoms with Crippen molar-refractivity contribution in [3.63, 3.8) is 0 Å². The molecule has 1 fully saturated rings. The zero-order valence-electron chi connectivity index (χ0n) is 10.1. The molecule has 1 saturated heterocycles. The Kier molecular flexibility index (Phi) is 2.94. The molecule has 1 aromatic carbocycles. The number of amides is 1. The average Bonchev–Trinajstić information content (AvgIpc) is 2.41. The largest absolute Gasteiger partial charge is 0.364 e. The van der Waals surface area contributed by atoms with Crippen LogP contribution in [0.3, 0.4) is 0 Å². The second-order valence-electron chi connectivity index (χ2n) is 4.88. The van der Waals surface area contributed by atoms with E-state index in [4.69, 9.17) is 11.6 Å². The van der Waals surface area contributed by atoms with Crippen LogP contribution in [0.4, 0.5) is 11.4 Å². The molecule has 0 bridgehead atoms. The monoisotopic (exact) mass is 300 g/mol. The highest BCUT2D eigenvalue weighted by atomic mass is 35.5. The lowest BCUT2D eigenvalue weighted by molar-refractivity contribution is -0.116. The van der Waals surface area contributed by atoms with Crippen LogP contribution in [0.2, 0.25) is 5.02 Å². The third-order valence-electron chi connectivity index (χ3n) is 3.49. The number of nitrogens with one attached hydrogen (secondary N) is 1. The SMILES string of the molecule is O=C1CC2CS(=O)(=O)CCN2c2ccc(Cl)cc2N1. The summed E-state index contributed by atoms with van der Waals surface area (Å²) in [4.78, 5) is 13.8. The van der Waals surface area contributed by atoms with E-state index in [0.717, 1.165) is 5.69 Å². The average molecular weight is 301 g/mol. The molecular weight excluding hydrogens is 288 g/mol. The number of halogens is 1. The molecule has 102 valence electrons. The molecule has 3 rings (SSSR count). The Labute approximate surface area is 116 Å². The molecule has 1 aromatic rings. The van der Waals surface area contributed by atoms with Gasteiger partial charge in [-0.05, 0) is 18.2 Å². The van der Waals surface area contributed by atoms with Crippen molar-refractivity contribution < 1.29 is 13.2 Å². The van der Waals surface area contributed by atoms with Crippen LogP contribution in [-0.4, -0.2) is 38.4 Å². The number of hydrogen-bond acceptors (Lipinski definition) is 4. The van der Waals surface area contributed by atoms with Gasteiger partial charge in [-0.25, -0.2) is 8.42 Å². The summed E-state index contributed by atoms with van der Waals surface area (Å²) in [6.07, 6.45) is 0.186. The van der Waals surface area contributed by atoms with Crippen molar-refractivity contribution in [3.05, 3.63) is 23.2 Å². The van der Waals surface area contributed by atoms with Crippen LogP contribution in [-0.2, 0) is 14.6 Å². The van der Waals surface area contributed by atoms with Crippen LogP contribution in [0, 0.1) is 0 Å². The quantitative estimate of drug-likeness (QED) is 0.784. The molecule has 1 amide bonds. The Bertz CT molecular complexity index is 644. The number of sulfone groups is 1. The maximum absolute atomic E-state index is 11.8. The van der Waals surface area contributed by atoms with E-state index in [9.17, 15) is 13.2 Å². The first-order chi connectivity index (χ1) is 8.94. The van der Waals surface area contributed by atoms with Gasteiger partial charge in [0, 0.05) is 18.0 Å². The fraction of sp³-hybridized carbons (Fsp3) is 0.417. The first-order valence-corrected chi connectivity index (χ1v) is 8.21. The van der Waals surface area contributed by atoms with Gasteiger partial charge in [-0.3, -0.25) is 4.79 Å². The van der Waals surface area contributed by atoms with Crippen molar-refractivity contribution >= 4 is 38.7 Å². The van der Waals surface area contributed by atoms with E-state index < -0.39 is 9.84 Å². The summed E-state index contributed by atoms with van der Waals surface area (Å²) >= 11 is 5.93. The predicted octanol–water partition coefficient (Wildman–Crippen LogP) is 1.29. The van der Waals surface area contributed by atoms with E-state index in [-0.39, 0.29) is 29.9 Å². The molecule has 19 heavy (non-hydrogen) atoms. The number of fused-ring (bicyclic) bond motifs is 3. The van der Waals surface area contributed by atoms with Gasteiger partial charge in [0.05, 0.1) is 28.9 Å². The molecular formula is C12H13ClN2O3S. The van der Waals surface area contributed by atoms with Crippen LogP contribution >= 0.6 is 11.6 Å². The zero-order valence-corrected chi connectivity index (χ0v) is 11.7. The predicted molar refractivity (Wildman–Crippen MR) is 74.5 cm³/mol. The van der Waals surface area contributed by atoms with Crippen LogP contribution < -0.4 is 10.2 Å². The first kappa shape index (κ1) is 12.7. The third-order valence-corrected chi connectivity index (χ3v) is 5.43. The standard InChI is InChI=1S/C12H13ClN2O3S/c13-8-1-2-11-10(5-8)14-12(16)6-9-7-19(17,18)4-3-15(9)11/h1-2,5,9H,3-4,6-7H2,(H,14,16). The van der Waals surface area contributed by atoms with Crippen LogP contribution in [0.25, 0.3) is 0 Å². The smallest absolute Gasteiger partial charge is 0.226 e. The highest BCUT2D eigenvalue weighted by molar-refractivity contribution is 7.91. The second kappa shape index (κ2) is 4.38. The minimum absolute atomic E-state index is 0.0302. The summed E-state index contributed by atoms with van der Waals surface area (Å²) in [5.41, 5.74) is 1.49. The first-order valence-electron chi connectivity index (χ1n) is 6.01. The normalized spacial score (nSPS) is 25.0. The van der Waals surface area contributed by atoms with Gasteiger partial charge < -0.3 is 10.2 Å². The number of rotatable bonds is 0. The molecule has 0 spiro atoms. The van der Waals surface area contributed by atoms with Gasteiger partial charge in [0.25, 0.3) is 0 Å². The summed E-state index contributed by atoms with van der Waals surface area (Å²) in [7, 11) is -3.05. The Morgan fingerprint density at radius 2 is 2.16 bits per heavy atom. The maximum Gasteiger partial charge on any atom is 0.226 e. The summed E-state index contributed by atoms with van der Waals surface area (Å²) in [6, 6.07) is 4.98. The molecule has 1 unspecified atom stereocenters. The number of carbonyl (C=O) groups excluding carboxylic acids is 1. The molecule has 0 saturated carbocycles.